The highest BCUT2D eigenvalue weighted by molar-refractivity contribution is 7.21. The normalized spacial score (nSPS) is 12.0. The minimum atomic E-state index is 0.596. The monoisotopic (exact) mass is 837 g/mol. The Labute approximate surface area is 374 Å². The first-order valence-corrected chi connectivity index (χ1v) is 21.9. The molecule has 4 aromatic carbocycles. The zero-order chi connectivity index (χ0) is 44.0. The van der Waals surface area contributed by atoms with Crippen molar-refractivity contribution >= 4 is 52.6 Å². The zero-order valence-corrected chi connectivity index (χ0v) is 37.2. The van der Waals surface area contributed by atoms with Crippen LogP contribution < -0.4 is 0 Å². The van der Waals surface area contributed by atoms with Crippen molar-refractivity contribution in [3.05, 3.63) is 210 Å². The second-order valence-corrected chi connectivity index (χ2v) is 16.3. The van der Waals surface area contributed by atoms with Crippen LogP contribution in [0.5, 0.6) is 0 Å². The van der Waals surface area contributed by atoms with E-state index < -0.39 is 0 Å². The molecular formula is C55H48BN5OS. The van der Waals surface area contributed by atoms with Crippen LogP contribution in [0.15, 0.2) is 169 Å². The van der Waals surface area contributed by atoms with E-state index in [1.54, 1.807) is 23.5 Å². The minimum absolute atomic E-state index is 0.596. The van der Waals surface area contributed by atoms with Gasteiger partial charge in [0.05, 0.1) is 10.2 Å². The van der Waals surface area contributed by atoms with Gasteiger partial charge in [0.2, 0.25) is 0 Å². The Hall–Kier alpha value is -7.42. The number of hydrogen-bond donors (Lipinski definition) is 0. The van der Waals surface area contributed by atoms with E-state index in [0.717, 1.165) is 101 Å². The lowest BCUT2D eigenvalue weighted by Gasteiger charge is -2.13. The third kappa shape index (κ3) is 8.72. The van der Waals surface area contributed by atoms with Crippen molar-refractivity contribution in [3.8, 4) is 50.4 Å². The lowest BCUT2D eigenvalue weighted by atomic mass is 9.82. The summed E-state index contributed by atoms with van der Waals surface area (Å²) in [5, 5.41) is 0.917. The van der Waals surface area contributed by atoms with Crippen LogP contribution in [0.1, 0.15) is 45.2 Å². The van der Waals surface area contributed by atoms with Crippen molar-refractivity contribution in [2.24, 2.45) is 0 Å². The number of thiazole rings is 1. The Morgan fingerprint density at radius 2 is 1.29 bits per heavy atom. The Bertz CT molecular complexity index is 3080. The van der Waals surface area contributed by atoms with Crippen LogP contribution in [-0.4, -0.2) is 31.8 Å². The van der Waals surface area contributed by atoms with Gasteiger partial charge >= 0.3 is 0 Å². The van der Waals surface area contributed by atoms with E-state index in [1.165, 1.54) is 5.56 Å². The third-order valence-corrected chi connectivity index (χ3v) is 12.3. The molecule has 0 bridgehead atoms. The smallest absolute Gasteiger partial charge is 0.164 e. The topological polar surface area (TPSA) is 69.6 Å². The average Bonchev–Trinajstić information content (AvgIpc) is 3.95. The van der Waals surface area contributed by atoms with Crippen LogP contribution in [0.3, 0.4) is 0 Å². The number of benzene rings is 4. The molecule has 0 unspecified atom stereocenters. The van der Waals surface area contributed by atoms with E-state index in [2.05, 4.69) is 125 Å². The molecule has 0 radical (unpaired) electrons. The van der Waals surface area contributed by atoms with E-state index in [9.17, 15) is 0 Å². The van der Waals surface area contributed by atoms with Gasteiger partial charge in [-0.1, -0.05) is 130 Å². The summed E-state index contributed by atoms with van der Waals surface area (Å²) >= 11 is 1.66. The molecule has 6 nitrogen and oxygen atoms in total. The van der Waals surface area contributed by atoms with Gasteiger partial charge in [-0.2, -0.15) is 0 Å². The molecule has 63 heavy (non-hydrogen) atoms. The van der Waals surface area contributed by atoms with Crippen LogP contribution in [0.25, 0.3) is 84.4 Å². The number of furan rings is 1. The lowest BCUT2D eigenvalue weighted by molar-refractivity contribution is 0.540. The molecule has 308 valence electrons. The summed E-state index contributed by atoms with van der Waals surface area (Å²) in [5.41, 5.74) is 14.0. The van der Waals surface area contributed by atoms with Gasteiger partial charge in [0, 0.05) is 44.9 Å². The van der Waals surface area contributed by atoms with Crippen molar-refractivity contribution in [2.45, 2.75) is 34.5 Å². The maximum atomic E-state index is 6.43. The number of aromatic nitrogens is 5. The summed E-state index contributed by atoms with van der Waals surface area (Å²) in [4.78, 5) is 20.0. The first-order valence-electron chi connectivity index (χ1n) is 21.1. The number of allylic oxidation sites excluding steroid dienone is 7. The van der Waals surface area contributed by atoms with Crippen LogP contribution in [0.2, 0.25) is 6.82 Å². The summed E-state index contributed by atoms with van der Waals surface area (Å²) in [6.07, 6.45) is 15.9. The lowest BCUT2D eigenvalue weighted by Crippen LogP contribution is -2.00. The molecule has 8 heteroatoms. The highest BCUT2D eigenvalue weighted by Crippen LogP contribution is 2.37. The highest BCUT2D eigenvalue weighted by atomic mass is 32.1. The van der Waals surface area contributed by atoms with Gasteiger partial charge in [-0.3, -0.25) is 0 Å². The fraction of sp³-hybridized carbons (Fsp3) is 0.0909. The van der Waals surface area contributed by atoms with Crippen LogP contribution in [0.4, 0.5) is 0 Å². The largest absolute Gasteiger partial charge is 0.456 e. The first kappa shape index (κ1) is 42.3. The van der Waals surface area contributed by atoms with Gasteiger partial charge < -0.3 is 8.98 Å². The molecule has 0 saturated carbocycles. The highest BCUT2D eigenvalue weighted by Gasteiger charge is 2.20. The van der Waals surface area contributed by atoms with E-state index >= 15 is 0 Å². The molecule has 0 spiro atoms. The van der Waals surface area contributed by atoms with E-state index in [0.29, 0.717) is 17.5 Å². The quantitative estimate of drug-likeness (QED) is 0.0806. The first-order chi connectivity index (χ1) is 30.7. The maximum absolute atomic E-state index is 6.43. The number of nitrogens with zero attached hydrogens (tertiary/aromatic N) is 5. The molecular weight excluding hydrogens is 790 g/mol. The Morgan fingerprint density at radius 1 is 0.651 bits per heavy atom. The van der Waals surface area contributed by atoms with Gasteiger partial charge in [0.1, 0.15) is 23.8 Å². The van der Waals surface area contributed by atoms with Gasteiger partial charge in [0.15, 0.2) is 17.5 Å². The minimum Gasteiger partial charge on any atom is -0.456 e. The van der Waals surface area contributed by atoms with Crippen LogP contribution in [0, 0.1) is 27.7 Å². The zero-order valence-electron chi connectivity index (χ0n) is 36.4. The fourth-order valence-corrected chi connectivity index (χ4v) is 8.51. The van der Waals surface area contributed by atoms with Gasteiger partial charge in [-0.25, -0.2) is 19.9 Å². The molecule has 0 aliphatic rings. The molecule has 8 rings (SSSR count). The summed E-state index contributed by atoms with van der Waals surface area (Å²) in [7, 11) is 0.933. The number of rotatable bonds is 14. The van der Waals surface area contributed by atoms with E-state index in [-0.39, 0.29) is 0 Å². The van der Waals surface area contributed by atoms with Crippen molar-refractivity contribution in [3.63, 3.8) is 0 Å². The van der Waals surface area contributed by atoms with Crippen molar-refractivity contribution < 1.29 is 4.42 Å². The van der Waals surface area contributed by atoms with Gasteiger partial charge in [-0.05, 0) is 104 Å². The van der Waals surface area contributed by atoms with Crippen molar-refractivity contribution in [1.29, 1.82) is 0 Å². The summed E-state index contributed by atoms with van der Waals surface area (Å²) in [6, 6.07) is 34.9. The molecule has 4 aromatic heterocycles. The van der Waals surface area contributed by atoms with Crippen LogP contribution in [-0.2, 0) is 0 Å². The van der Waals surface area contributed by atoms with Crippen LogP contribution >= 0.6 is 11.3 Å². The molecule has 8 aromatic rings. The van der Waals surface area contributed by atoms with Gasteiger partial charge in [-0.15, -0.1) is 17.3 Å². The molecule has 0 fully saturated rings. The Morgan fingerprint density at radius 3 is 1.92 bits per heavy atom. The molecule has 4 heterocycles. The van der Waals surface area contributed by atoms with Gasteiger partial charge in [0.25, 0.3) is 0 Å². The average molecular weight is 838 g/mol. The van der Waals surface area contributed by atoms with Crippen molar-refractivity contribution in [2.75, 3.05) is 0 Å². The second kappa shape index (κ2) is 18.7. The summed E-state index contributed by atoms with van der Waals surface area (Å²) in [5.74, 6) is 5.62. The third-order valence-electron chi connectivity index (χ3n) is 11.2. The molecule has 0 saturated heterocycles. The molecule has 0 amide bonds. The SMILES string of the molecule is C=C/C=C\c1c(C)c(C)c(/C=C\C(=C)/C(=C/C=C)c2oc(/C=C\BC)c(C)c2C)n1-c1cccc(-c2nc3cc(-c4nc(-c5ccccc5)nc(-c5ccccc5)n4)ccc3s2)c1. The van der Waals surface area contributed by atoms with E-state index in [4.69, 9.17) is 24.4 Å². The molecule has 0 N–H and O–H groups in total. The van der Waals surface area contributed by atoms with E-state index in [1.807, 2.05) is 78.9 Å². The summed E-state index contributed by atoms with van der Waals surface area (Å²) < 4.78 is 9.80. The maximum Gasteiger partial charge on any atom is 0.164 e. The predicted octanol–water partition coefficient (Wildman–Crippen LogP) is 14.3. The number of fused-ring (bicyclic) bond motifs is 1. The Balaban J connectivity index is 1.17. The Kier molecular flexibility index (Phi) is 12.5. The standard InChI is InChI=1S/C55H48BN5OS/c1-9-11-26-47-36(4)37(5)48(29-27-35(3)45(19-10-2)51-39(7)38(6)49(62-51)31-32-56-8)61(47)44-25-18-24-43(33-44)55-57-46-34-42(28-30-50(46)63-55)54-59-52(40-20-14-12-15-21-40)58-53(60-54)41-22-16-13-17-23-41/h9-34,56H,1-3H2,4-8H3/b26-11-,29-27-,32-31-,45-19-. The molecule has 0 aliphatic carbocycles. The number of hydrogen-bond acceptors (Lipinski definition) is 6. The molecule has 0 aliphatic heterocycles. The molecule has 0 atom stereocenters. The summed E-state index contributed by atoms with van der Waals surface area (Å²) in [6.45, 7) is 23.1. The second-order valence-electron chi connectivity index (χ2n) is 15.3. The predicted molar refractivity (Wildman–Crippen MR) is 269 cm³/mol. The van der Waals surface area contributed by atoms with Crippen molar-refractivity contribution in [1.82, 2.24) is 24.5 Å². The fourth-order valence-electron chi connectivity index (χ4n) is 7.57.